The van der Waals surface area contributed by atoms with Crippen molar-refractivity contribution < 1.29 is 4.42 Å². The number of nitrogens with zero attached hydrogens (tertiary/aromatic N) is 6. The third kappa shape index (κ3) is 6.27. The summed E-state index contributed by atoms with van der Waals surface area (Å²) in [6, 6.07) is 63.7. The summed E-state index contributed by atoms with van der Waals surface area (Å²) in [5, 5.41) is 2.99. The number of benzene rings is 7. The molecule has 11 rings (SSSR count). The predicted octanol–water partition coefficient (Wildman–Crippen LogP) is 12.8. The summed E-state index contributed by atoms with van der Waals surface area (Å²) in [6.07, 6.45) is 1.85. The normalized spacial score (nSPS) is 11.4. The van der Waals surface area contributed by atoms with Gasteiger partial charge in [0.25, 0.3) is 0 Å². The molecule has 11 aromatic rings. The highest BCUT2D eigenvalue weighted by atomic mass is 16.3. The van der Waals surface area contributed by atoms with Gasteiger partial charge in [-0.1, -0.05) is 182 Å². The maximum absolute atomic E-state index is 6.39. The molecule has 0 N–H and O–H groups in total. The Labute approximate surface area is 339 Å². The Balaban J connectivity index is 1.01. The van der Waals surface area contributed by atoms with Crippen LogP contribution in [-0.4, -0.2) is 29.9 Å². The summed E-state index contributed by atoms with van der Waals surface area (Å²) in [4.78, 5) is 30.0. The first-order valence-corrected chi connectivity index (χ1v) is 19.4. The van der Waals surface area contributed by atoms with Gasteiger partial charge in [-0.05, 0) is 33.5 Å². The number of hydrogen-bond donors (Lipinski definition) is 0. The number of fused-ring (bicyclic) bond motifs is 4. The highest BCUT2D eigenvalue weighted by Gasteiger charge is 2.20. The molecule has 276 valence electrons. The lowest BCUT2D eigenvalue weighted by molar-refractivity contribution is 0.653. The predicted molar refractivity (Wildman–Crippen MR) is 236 cm³/mol. The number of furan rings is 1. The molecule has 4 heterocycles. The molecular weight excluding hydrogens is 725 g/mol. The van der Waals surface area contributed by atoms with Crippen LogP contribution in [-0.2, 0) is 0 Å². The molecule has 0 unspecified atom stereocenters. The van der Waals surface area contributed by atoms with Gasteiger partial charge >= 0.3 is 0 Å². The van der Waals surface area contributed by atoms with Crippen LogP contribution in [0.15, 0.2) is 199 Å². The summed E-state index contributed by atoms with van der Waals surface area (Å²) >= 11 is 0. The zero-order chi connectivity index (χ0) is 39.1. The standard InChI is InChI=1S/C52H32N6O/c1-5-15-33(16-6-1)39-31-44-46-47(59-52(44)53-32-39)45(35-17-7-2-8-18-35)54-48(55-46)38-29-27-34(28-30-38)40-23-13-25-42-41(40)24-14-26-43(42)51-57-49(36-19-9-3-10-20-36)56-50(58-51)37-21-11-4-12-22-37/h1-32H. The number of aromatic nitrogens is 6. The third-order valence-corrected chi connectivity index (χ3v) is 10.6. The first kappa shape index (κ1) is 34.1. The van der Waals surface area contributed by atoms with Gasteiger partial charge in [0, 0.05) is 39.6 Å². The van der Waals surface area contributed by atoms with E-state index in [1.165, 1.54) is 0 Å². The fraction of sp³-hybridized carbons (Fsp3) is 0. The van der Waals surface area contributed by atoms with Gasteiger partial charge in [-0.25, -0.2) is 29.9 Å². The van der Waals surface area contributed by atoms with Gasteiger partial charge in [-0.2, -0.15) is 0 Å². The molecule has 7 aromatic carbocycles. The smallest absolute Gasteiger partial charge is 0.229 e. The molecule has 0 amide bonds. The zero-order valence-electron chi connectivity index (χ0n) is 31.6. The average molecular weight is 757 g/mol. The molecule has 0 aliphatic heterocycles. The molecule has 59 heavy (non-hydrogen) atoms. The minimum Gasteiger partial charge on any atom is -0.434 e. The summed E-state index contributed by atoms with van der Waals surface area (Å²) in [6.45, 7) is 0. The van der Waals surface area contributed by atoms with E-state index in [0.29, 0.717) is 34.6 Å². The molecular formula is C52H32N6O. The van der Waals surface area contributed by atoms with Gasteiger partial charge in [0.15, 0.2) is 28.9 Å². The number of rotatable bonds is 7. The van der Waals surface area contributed by atoms with Crippen LogP contribution in [0, 0.1) is 0 Å². The van der Waals surface area contributed by atoms with E-state index in [2.05, 4.69) is 78.9 Å². The third-order valence-electron chi connectivity index (χ3n) is 10.6. The molecule has 7 heteroatoms. The highest BCUT2D eigenvalue weighted by Crippen LogP contribution is 2.38. The Hall–Kier alpha value is -8.16. The second kappa shape index (κ2) is 14.4. The second-order valence-corrected chi connectivity index (χ2v) is 14.3. The van der Waals surface area contributed by atoms with Crippen LogP contribution >= 0.6 is 0 Å². The Bertz CT molecular complexity index is 3240. The first-order valence-electron chi connectivity index (χ1n) is 19.4. The molecule has 0 atom stereocenters. The van der Waals surface area contributed by atoms with Gasteiger partial charge in [0.05, 0.1) is 5.39 Å². The topological polar surface area (TPSA) is 90.5 Å². The van der Waals surface area contributed by atoms with Crippen molar-refractivity contribution >= 4 is 33.0 Å². The van der Waals surface area contributed by atoms with Crippen molar-refractivity contribution in [2.45, 2.75) is 0 Å². The molecule has 0 bridgehead atoms. The van der Waals surface area contributed by atoms with Crippen molar-refractivity contribution in [1.82, 2.24) is 29.9 Å². The van der Waals surface area contributed by atoms with Crippen LogP contribution in [0.4, 0.5) is 0 Å². The Morgan fingerprint density at radius 3 is 1.44 bits per heavy atom. The molecule has 4 aromatic heterocycles. The SMILES string of the molecule is c1ccc(-c2cnc3oc4c(-c5ccccc5)nc(-c5ccc(-c6cccc7c(-c8nc(-c9ccccc9)nc(-c9ccccc9)n8)cccc67)cc5)nc4c3c2)cc1. The molecule has 0 aliphatic rings. The minimum absolute atomic E-state index is 0.527. The van der Waals surface area contributed by atoms with Gasteiger partial charge < -0.3 is 4.42 Å². The maximum atomic E-state index is 6.39. The van der Waals surface area contributed by atoms with Gasteiger partial charge in [0.2, 0.25) is 5.71 Å². The average Bonchev–Trinajstić information content (AvgIpc) is 3.70. The van der Waals surface area contributed by atoms with E-state index >= 15 is 0 Å². The van der Waals surface area contributed by atoms with Gasteiger partial charge in [-0.15, -0.1) is 0 Å². The molecule has 0 saturated heterocycles. The Morgan fingerprint density at radius 1 is 0.322 bits per heavy atom. The van der Waals surface area contributed by atoms with E-state index in [1.807, 2.05) is 115 Å². The van der Waals surface area contributed by atoms with Crippen LogP contribution in [0.25, 0.3) is 112 Å². The van der Waals surface area contributed by atoms with Crippen molar-refractivity contribution in [2.24, 2.45) is 0 Å². The summed E-state index contributed by atoms with van der Waals surface area (Å²) in [5.74, 6) is 2.49. The lowest BCUT2D eigenvalue weighted by Gasteiger charge is -2.13. The van der Waals surface area contributed by atoms with Crippen molar-refractivity contribution in [3.63, 3.8) is 0 Å². The quantitative estimate of drug-likeness (QED) is 0.160. The van der Waals surface area contributed by atoms with Gasteiger partial charge in [-0.3, -0.25) is 0 Å². The largest absolute Gasteiger partial charge is 0.434 e. The summed E-state index contributed by atoms with van der Waals surface area (Å²) < 4.78 is 6.39. The zero-order valence-corrected chi connectivity index (χ0v) is 31.6. The Kier molecular flexibility index (Phi) is 8.33. The minimum atomic E-state index is 0.527. The Morgan fingerprint density at radius 2 is 0.814 bits per heavy atom. The highest BCUT2D eigenvalue weighted by molar-refractivity contribution is 6.07. The van der Waals surface area contributed by atoms with Crippen molar-refractivity contribution in [1.29, 1.82) is 0 Å². The fourth-order valence-electron chi connectivity index (χ4n) is 7.72. The van der Waals surface area contributed by atoms with Crippen LogP contribution in [0.2, 0.25) is 0 Å². The molecule has 7 nitrogen and oxygen atoms in total. The number of hydrogen-bond acceptors (Lipinski definition) is 7. The van der Waals surface area contributed by atoms with E-state index in [4.69, 9.17) is 34.3 Å². The van der Waals surface area contributed by atoms with E-state index in [0.717, 1.165) is 77.4 Å². The summed E-state index contributed by atoms with van der Waals surface area (Å²) in [5.41, 5.74) is 11.5. The van der Waals surface area contributed by atoms with Gasteiger partial charge in [0.1, 0.15) is 11.2 Å². The van der Waals surface area contributed by atoms with Crippen LogP contribution in [0.5, 0.6) is 0 Å². The lowest BCUT2D eigenvalue weighted by Crippen LogP contribution is -2.00. The first-order chi connectivity index (χ1) is 29.2. The number of pyridine rings is 1. The van der Waals surface area contributed by atoms with E-state index < -0.39 is 0 Å². The summed E-state index contributed by atoms with van der Waals surface area (Å²) in [7, 11) is 0. The fourth-order valence-corrected chi connectivity index (χ4v) is 7.72. The molecule has 0 spiro atoms. The maximum Gasteiger partial charge on any atom is 0.229 e. The molecule has 0 radical (unpaired) electrons. The molecule has 0 fully saturated rings. The second-order valence-electron chi connectivity index (χ2n) is 14.3. The molecule has 0 aliphatic carbocycles. The van der Waals surface area contributed by atoms with E-state index in [9.17, 15) is 0 Å². The van der Waals surface area contributed by atoms with Crippen LogP contribution in [0.3, 0.4) is 0 Å². The van der Waals surface area contributed by atoms with Crippen molar-refractivity contribution in [2.75, 3.05) is 0 Å². The van der Waals surface area contributed by atoms with Crippen molar-refractivity contribution in [3.05, 3.63) is 194 Å². The molecule has 0 saturated carbocycles. The monoisotopic (exact) mass is 756 g/mol. The van der Waals surface area contributed by atoms with E-state index in [-0.39, 0.29) is 0 Å². The van der Waals surface area contributed by atoms with Crippen molar-refractivity contribution in [3.8, 4) is 79.1 Å². The van der Waals surface area contributed by atoms with Crippen LogP contribution < -0.4 is 0 Å². The van der Waals surface area contributed by atoms with E-state index in [1.54, 1.807) is 0 Å². The van der Waals surface area contributed by atoms with Crippen LogP contribution in [0.1, 0.15) is 0 Å². The lowest BCUT2D eigenvalue weighted by atomic mass is 9.94.